The molecular weight excluding hydrogens is 440 g/mol. The molecule has 0 amide bonds. The lowest BCUT2D eigenvalue weighted by atomic mass is 9.86. The summed E-state index contributed by atoms with van der Waals surface area (Å²) >= 11 is 5.40. The van der Waals surface area contributed by atoms with Gasteiger partial charge >= 0.3 is 5.97 Å². The van der Waals surface area contributed by atoms with E-state index in [0.717, 1.165) is 5.56 Å². The second kappa shape index (κ2) is 11.4. The van der Waals surface area contributed by atoms with Crippen LogP contribution in [0.1, 0.15) is 66.5 Å². The molecule has 0 aromatic heterocycles. The fourth-order valence-corrected chi connectivity index (χ4v) is 10.9. The highest BCUT2D eigenvalue weighted by Gasteiger charge is 2.45. The first-order valence-corrected chi connectivity index (χ1v) is 14.1. The molecule has 6 nitrogen and oxygen atoms in total. The number of ether oxygens (including phenoxy) is 1. The number of phenolic OH excluding ortho intramolecular Hbond substituents is 1. The van der Waals surface area contributed by atoms with E-state index in [0.29, 0.717) is 40.5 Å². The lowest BCUT2D eigenvalue weighted by molar-refractivity contribution is -0.146. The Morgan fingerprint density at radius 1 is 1.19 bits per heavy atom. The van der Waals surface area contributed by atoms with Crippen molar-refractivity contribution in [1.29, 1.82) is 0 Å². The van der Waals surface area contributed by atoms with Crippen molar-refractivity contribution in [2.45, 2.75) is 77.6 Å². The molecule has 1 aliphatic heterocycles. The first-order valence-electron chi connectivity index (χ1n) is 11.5. The Morgan fingerprint density at radius 2 is 1.81 bits per heavy atom. The minimum absolute atomic E-state index is 0.131. The van der Waals surface area contributed by atoms with E-state index in [-0.39, 0.29) is 18.3 Å². The molecule has 0 bridgehead atoms. The highest BCUT2D eigenvalue weighted by atomic mass is 32.1. The summed E-state index contributed by atoms with van der Waals surface area (Å²) in [6, 6.07) is 6.39. The van der Waals surface area contributed by atoms with Gasteiger partial charge in [0.2, 0.25) is 0 Å². The number of hydrogen-bond donors (Lipinski definition) is 2. The van der Waals surface area contributed by atoms with E-state index in [1.54, 1.807) is 25.1 Å². The second-order valence-electron chi connectivity index (χ2n) is 9.27. The third kappa shape index (κ3) is 5.77. The van der Waals surface area contributed by atoms with Gasteiger partial charge in [0.25, 0.3) is 0 Å². The van der Waals surface area contributed by atoms with Gasteiger partial charge in [-0.05, 0) is 53.5 Å². The van der Waals surface area contributed by atoms with Crippen LogP contribution in [0.5, 0.6) is 5.75 Å². The predicted octanol–water partition coefficient (Wildman–Crippen LogP) is 5.52. The van der Waals surface area contributed by atoms with Gasteiger partial charge in [-0.25, -0.2) is 4.99 Å². The Hall–Kier alpha value is -1.77. The Labute approximate surface area is 198 Å². The first-order chi connectivity index (χ1) is 15.0. The van der Waals surface area contributed by atoms with E-state index in [2.05, 4.69) is 51.9 Å². The number of hydrogen-bond acceptors (Lipinski definition) is 5. The molecule has 2 atom stereocenters. The van der Waals surface area contributed by atoms with Crippen LogP contribution >= 0.6 is 12.2 Å². The molecule has 178 valence electrons. The maximum atomic E-state index is 13.0. The van der Waals surface area contributed by atoms with Crippen molar-refractivity contribution < 1.29 is 19.1 Å². The minimum Gasteiger partial charge on any atom is -0.508 e. The molecule has 2 unspecified atom stereocenters. The van der Waals surface area contributed by atoms with Gasteiger partial charge in [-0.15, -0.1) is 0 Å². The van der Waals surface area contributed by atoms with Crippen LogP contribution in [0.25, 0.3) is 0 Å². The number of rotatable bonds is 10. The van der Waals surface area contributed by atoms with E-state index >= 15 is 0 Å². The average Bonchev–Trinajstić information content (AvgIpc) is 2.70. The standard InChI is InChI=1S/C24H38N2O4SSi/c1-8-29-23(28)21-20(12-13-30-32(15(2)3,16(4)5)17(6)7)25-24(31)26-22(21)18-10-9-11-19(27)14-18/h9-11,14-17,21-22,27H,8,12-13H2,1-7H3,(H,26,31). The monoisotopic (exact) mass is 478 g/mol. The van der Waals surface area contributed by atoms with Crippen molar-refractivity contribution >= 4 is 37.3 Å². The number of phenols is 1. The van der Waals surface area contributed by atoms with Crippen LogP contribution in [-0.4, -0.2) is 43.4 Å². The van der Waals surface area contributed by atoms with Gasteiger partial charge in [0.1, 0.15) is 11.7 Å². The Morgan fingerprint density at radius 3 is 2.34 bits per heavy atom. The molecule has 1 aromatic carbocycles. The van der Waals surface area contributed by atoms with Crippen molar-refractivity contribution in [3.05, 3.63) is 29.8 Å². The van der Waals surface area contributed by atoms with E-state index in [1.165, 1.54) is 0 Å². The number of nitrogens with one attached hydrogen (secondary N) is 1. The molecule has 2 rings (SSSR count). The summed E-state index contributed by atoms with van der Waals surface area (Å²) < 4.78 is 12.1. The fraction of sp³-hybridized carbons (Fsp3) is 0.625. The zero-order valence-corrected chi connectivity index (χ0v) is 22.2. The molecule has 0 aliphatic carbocycles. The van der Waals surface area contributed by atoms with Crippen LogP contribution in [-0.2, 0) is 14.0 Å². The summed E-state index contributed by atoms with van der Waals surface area (Å²) in [5, 5.41) is 13.4. The first kappa shape index (κ1) is 26.5. The van der Waals surface area contributed by atoms with Gasteiger partial charge in [0, 0.05) is 18.7 Å². The molecule has 1 aromatic rings. The highest BCUT2D eigenvalue weighted by Crippen LogP contribution is 2.42. The average molecular weight is 479 g/mol. The summed E-state index contributed by atoms with van der Waals surface area (Å²) in [7, 11) is -2.03. The van der Waals surface area contributed by atoms with Gasteiger partial charge in [0.15, 0.2) is 13.4 Å². The lowest BCUT2D eigenvalue weighted by Gasteiger charge is -2.42. The summed E-state index contributed by atoms with van der Waals surface area (Å²) in [4.78, 5) is 17.5. The van der Waals surface area contributed by atoms with Gasteiger partial charge in [-0.1, -0.05) is 53.7 Å². The van der Waals surface area contributed by atoms with Crippen molar-refractivity contribution in [3.63, 3.8) is 0 Å². The van der Waals surface area contributed by atoms with Crippen LogP contribution in [0.2, 0.25) is 16.6 Å². The molecule has 1 aliphatic rings. The minimum atomic E-state index is -2.03. The lowest BCUT2D eigenvalue weighted by Crippen LogP contribution is -2.49. The molecule has 0 spiro atoms. The number of carbonyl (C=O) groups is 1. The van der Waals surface area contributed by atoms with Crippen molar-refractivity contribution in [3.8, 4) is 5.75 Å². The van der Waals surface area contributed by atoms with Crippen LogP contribution in [0.4, 0.5) is 0 Å². The van der Waals surface area contributed by atoms with Gasteiger partial charge < -0.3 is 19.6 Å². The molecule has 0 fully saturated rings. The molecule has 32 heavy (non-hydrogen) atoms. The van der Waals surface area contributed by atoms with Gasteiger partial charge in [-0.3, -0.25) is 4.79 Å². The van der Waals surface area contributed by atoms with Crippen LogP contribution < -0.4 is 5.32 Å². The maximum Gasteiger partial charge on any atom is 0.317 e. The third-order valence-corrected chi connectivity index (χ3v) is 12.7. The quantitative estimate of drug-likeness (QED) is 0.262. The van der Waals surface area contributed by atoms with Crippen LogP contribution in [0.15, 0.2) is 29.3 Å². The fourth-order valence-electron chi connectivity index (χ4n) is 5.18. The summed E-state index contributed by atoms with van der Waals surface area (Å²) in [6.07, 6.45) is 0.502. The zero-order chi connectivity index (χ0) is 24.1. The zero-order valence-electron chi connectivity index (χ0n) is 20.3. The molecule has 2 N–H and O–H groups in total. The number of benzene rings is 1. The largest absolute Gasteiger partial charge is 0.508 e. The van der Waals surface area contributed by atoms with Crippen LogP contribution in [0.3, 0.4) is 0 Å². The SMILES string of the molecule is CCOC(=O)C1C(CCO[Si](C(C)C)(C(C)C)C(C)C)=NC(=S)NC1c1cccc(O)c1. The molecular formula is C24H38N2O4SSi. The Kier molecular flexibility index (Phi) is 9.42. The normalized spacial score (nSPS) is 19.3. The topological polar surface area (TPSA) is 80.2 Å². The smallest absolute Gasteiger partial charge is 0.317 e. The summed E-state index contributed by atoms with van der Waals surface area (Å²) in [6.45, 7) is 16.1. The van der Waals surface area contributed by atoms with E-state index in [4.69, 9.17) is 21.4 Å². The molecule has 0 saturated carbocycles. The van der Waals surface area contributed by atoms with Gasteiger partial charge in [-0.2, -0.15) is 0 Å². The van der Waals surface area contributed by atoms with Crippen molar-refractivity contribution in [1.82, 2.24) is 5.32 Å². The van der Waals surface area contributed by atoms with Crippen molar-refractivity contribution in [2.75, 3.05) is 13.2 Å². The number of thiocarbonyl (C=S) groups is 1. The third-order valence-electron chi connectivity index (χ3n) is 6.40. The second-order valence-corrected chi connectivity index (χ2v) is 15.1. The number of esters is 1. The van der Waals surface area contributed by atoms with Crippen LogP contribution in [0, 0.1) is 5.92 Å². The number of aromatic hydroxyl groups is 1. The summed E-state index contributed by atoms with van der Waals surface area (Å²) in [5.74, 6) is -0.859. The predicted molar refractivity (Wildman–Crippen MR) is 136 cm³/mol. The molecule has 1 heterocycles. The van der Waals surface area contributed by atoms with Crippen molar-refractivity contribution in [2.24, 2.45) is 10.9 Å². The highest BCUT2D eigenvalue weighted by molar-refractivity contribution is 7.80. The number of carbonyl (C=O) groups excluding carboxylic acids is 1. The van der Waals surface area contributed by atoms with E-state index in [1.807, 2.05) is 6.07 Å². The number of aliphatic imine (C=N–C) groups is 1. The Balaban J connectivity index is 2.33. The van der Waals surface area contributed by atoms with E-state index in [9.17, 15) is 9.90 Å². The van der Waals surface area contributed by atoms with Gasteiger partial charge in [0.05, 0.1) is 12.6 Å². The number of nitrogens with zero attached hydrogens (tertiary/aromatic N) is 1. The maximum absolute atomic E-state index is 13.0. The molecule has 0 saturated heterocycles. The molecule has 0 radical (unpaired) electrons. The Bertz CT molecular complexity index is 819. The summed E-state index contributed by atoms with van der Waals surface area (Å²) in [5.41, 5.74) is 2.84. The van der Waals surface area contributed by atoms with E-state index < -0.39 is 20.3 Å². The molecule has 8 heteroatoms.